The van der Waals surface area contributed by atoms with E-state index in [2.05, 4.69) is 10.0 Å². The van der Waals surface area contributed by atoms with Crippen LogP contribution in [-0.2, 0) is 16.6 Å². The highest BCUT2D eigenvalue weighted by molar-refractivity contribution is 7.93. The van der Waals surface area contributed by atoms with Crippen LogP contribution < -0.4 is 10.0 Å². The molecule has 0 spiro atoms. The predicted molar refractivity (Wildman–Crippen MR) is 84.0 cm³/mol. The summed E-state index contributed by atoms with van der Waals surface area (Å²) in [5.41, 5.74) is -0.125. The number of nitrogens with one attached hydrogen (secondary N) is 2. The second kappa shape index (κ2) is 6.31. The van der Waals surface area contributed by atoms with E-state index in [1.807, 2.05) is 0 Å². The summed E-state index contributed by atoms with van der Waals surface area (Å²) in [6.45, 7) is 2.30. The van der Waals surface area contributed by atoms with Gasteiger partial charge < -0.3 is 5.32 Å². The van der Waals surface area contributed by atoms with Crippen LogP contribution in [0.4, 0.5) is 10.1 Å². The normalized spacial score (nSPS) is 11.6. The molecule has 0 aliphatic rings. The summed E-state index contributed by atoms with van der Waals surface area (Å²) in [4.78, 5) is 1.71. The SMILES string of the molecule is CNCc1cc(S(=O)(=O)Nc2ccc(Cl)cc2F)c(C)s1. The van der Waals surface area contributed by atoms with E-state index in [-0.39, 0.29) is 15.6 Å². The van der Waals surface area contributed by atoms with E-state index in [1.54, 1.807) is 20.0 Å². The molecule has 1 aromatic heterocycles. The maximum absolute atomic E-state index is 13.7. The van der Waals surface area contributed by atoms with Gasteiger partial charge in [0, 0.05) is 21.3 Å². The summed E-state index contributed by atoms with van der Waals surface area (Å²) < 4.78 is 40.7. The zero-order valence-electron chi connectivity index (χ0n) is 11.4. The molecule has 0 aliphatic heterocycles. The molecule has 0 aliphatic carbocycles. The largest absolute Gasteiger partial charge is 0.315 e. The Kier molecular flexibility index (Phi) is 4.88. The van der Waals surface area contributed by atoms with Gasteiger partial charge in [-0.25, -0.2) is 12.8 Å². The van der Waals surface area contributed by atoms with Crippen LogP contribution in [0, 0.1) is 12.7 Å². The molecule has 114 valence electrons. The van der Waals surface area contributed by atoms with Crippen molar-refractivity contribution in [2.75, 3.05) is 11.8 Å². The van der Waals surface area contributed by atoms with Crippen LogP contribution in [0.25, 0.3) is 0 Å². The van der Waals surface area contributed by atoms with Gasteiger partial charge in [0.25, 0.3) is 10.0 Å². The Morgan fingerprint density at radius 3 is 2.67 bits per heavy atom. The molecule has 2 aromatic rings. The number of hydrogen-bond donors (Lipinski definition) is 2. The maximum Gasteiger partial charge on any atom is 0.263 e. The third-order valence-corrected chi connectivity index (χ3v) is 5.65. The molecule has 4 nitrogen and oxygen atoms in total. The second-order valence-corrected chi connectivity index (χ2v) is 7.82. The molecular weight excluding hydrogens is 335 g/mol. The molecule has 0 amide bonds. The number of rotatable bonds is 5. The highest BCUT2D eigenvalue weighted by atomic mass is 35.5. The average Bonchev–Trinajstić information content (AvgIpc) is 2.75. The van der Waals surface area contributed by atoms with Gasteiger partial charge >= 0.3 is 0 Å². The fourth-order valence-corrected chi connectivity index (χ4v) is 4.70. The first-order chi connectivity index (χ1) is 9.83. The molecule has 1 aromatic carbocycles. The fourth-order valence-electron chi connectivity index (χ4n) is 1.82. The van der Waals surface area contributed by atoms with Crippen molar-refractivity contribution in [1.29, 1.82) is 0 Å². The number of anilines is 1. The van der Waals surface area contributed by atoms with Crippen molar-refractivity contribution in [2.24, 2.45) is 0 Å². The summed E-state index contributed by atoms with van der Waals surface area (Å²) in [6, 6.07) is 5.37. The van der Waals surface area contributed by atoms with Crippen LogP contribution in [0.5, 0.6) is 0 Å². The number of aryl methyl sites for hydroxylation is 1. The average molecular weight is 349 g/mol. The highest BCUT2D eigenvalue weighted by Gasteiger charge is 2.21. The lowest BCUT2D eigenvalue weighted by atomic mass is 10.3. The lowest BCUT2D eigenvalue weighted by Crippen LogP contribution is -2.14. The van der Waals surface area contributed by atoms with Crippen LogP contribution in [0.2, 0.25) is 5.02 Å². The minimum absolute atomic E-state index is 0.125. The van der Waals surface area contributed by atoms with Gasteiger partial charge in [-0.15, -0.1) is 11.3 Å². The van der Waals surface area contributed by atoms with Crippen molar-refractivity contribution in [3.63, 3.8) is 0 Å². The molecule has 0 fully saturated rings. The summed E-state index contributed by atoms with van der Waals surface area (Å²) in [5.74, 6) is -0.714. The van der Waals surface area contributed by atoms with Crippen molar-refractivity contribution < 1.29 is 12.8 Å². The van der Waals surface area contributed by atoms with Crippen molar-refractivity contribution >= 4 is 38.6 Å². The lowest BCUT2D eigenvalue weighted by Gasteiger charge is -2.08. The molecule has 0 atom stereocenters. The van der Waals surface area contributed by atoms with Gasteiger partial charge in [0.15, 0.2) is 0 Å². The van der Waals surface area contributed by atoms with Gasteiger partial charge in [-0.1, -0.05) is 11.6 Å². The van der Waals surface area contributed by atoms with E-state index in [9.17, 15) is 12.8 Å². The smallest absolute Gasteiger partial charge is 0.263 e. The maximum atomic E-state index is 13.7. The quantitative estimate of drug-likeness (QED) is 0.871. The molecule has 0 unspecified atom stereocenters. The van der Waals surface area contributed by atoms with Gasteiger partial charge in [0.05, 0.1) is 5.69 Å². The molecule has 21 heavy (non-hydrogen) atoms. The first kappa shape index (κ1) is 16.2. The minimum atomic E-state index is -3.83. The summed E-state index contributed by atoms with van der Waals surface area (Å²) in [5, 5.41) is 3.17. The zero-order valence-corrected chi connectivity index (χ0v) is 13.8. The minimum Gasteiger partial charge on any atom is -0.315 e. The highest BCUT2D eigenvalue weighted by Crippen LogP contribution is 2.28. The molecule has 8 heteroatoms. The van der Waals surface area contributed by atoms with Crippen LogP contribution >= 0.6 is 22.9 Å². The summed E-state index contributed by atoms with van der Waals surface area (Å²) >= 11 is 7.03. The molecule has 2 rings (SSSR count). The topological polar surface area (TPSA) is 58.2 Å². The Morgan fingerprint density at radius 2 is 2.05 bits per heavy atom. The van der Waals surface area contributed by atoms with Gasteiger partial charge in [0.1, 0.15) is 10.7 Å². The van der Waals surface area contributed by atoms with E-state index in [1.165, 1.54) is 23.5 Å². The van der Waals surface area contributed by atoms with Crippen LogP contribution in [0.3, 0.4) is 0 Å². The van der Waals surface area contributed by atoms with Gasteiger partial charge in [-0.2, -0.15) is 0 Å². The molecular formula is C13H14ClFN2O2S2. The van der Waals surface area contributed by atoms with Crippen molar-refractivity contribution in [3.8, 4) is 0 Å². The number of hydrogen-bond acceptors (Lipinski definition) is 4. The Hall–Kier alpha value is -1.15. The predicted octanol–water partition coefficient (Wildman–Crippen LogP) is 3.37. The van der Waals surface area contributed by atoms with Crippen LogP contribution in [0.15, 0.2) is 29.2 Å². The third-order valence-electron chi connectivity index (χ3n) is 2.74. The number of sulfonamides is 1. The van der Waals surface area contributed by atoms with E-state index in [0.29, 0.717) is 11.4 Å². The second-order valence-electron chi connectivity index (χ2n) is 4.39. The molecule has 0 bridgehead atoms. The monoisotopic (exact) mass is 348 g/mol. The Bertz CT molecular complexity index is 760. The summed E-state index contributed by atoms with van der Waals surface area (Å²) in [6.07, 6.45) is 0. The first-order valence-corrected chi connectivity index (χ1v) is 8.73. The number of benzene rings is 1. The van der Waals surface area contributed by atoms with Crippen molar-refractivity contribution in [1.82, 2.24) is 5.32 Å². The van der Waals surface area contributed by atoms with E-state index < -0.39 is 15.8 Å². The van der Waals surface area contributed by atoms with Crippen LogP contribution in [-0.4, -0.2) is 15.5 Å². The Balaban J connectivity index is 2.34. The van der Waals surface area contributed by atoms with Gasteiger partial charge in [-0.3, -0.25) is 4.72 Å². The van der Waals surface area contributed by atoms with Gasteiger partial charge in [0.2, 0.25) is 0 Å². The number of halogens is 2. The molecule has 0 saturated heterocycles. The molecule has 2 N–H and O–H groups in total. The lowest BCUT2D eigenvalue weighted by molar-refractivity contribution is 0.598. The molecule has 0 saturated carbocycles. The molecule has 1 heterocycles. The van der Waals surface area contributed by atoms with E-state index in [4.69, 9.17) is 11.6 Å². The zero-order chi connectivity index (χ0) is 15.6. The fraction of sp³-hybridized carbons (Fsp3) is 0.231. The first-order valence-electron chi connectivity index (χ1n) is 6.05. The Labute approximate surface area is 132 Å². The van der Waals surface area contributed by atoms with Crippen molar-refractivity contribution in [3.05, 3.63) is 44.9 Å². The van der Waals surface area contributed by atoms with Gasteiger partial charge in [-0.05, 0) is 38.2 Å². The van der Waals surface area contributed by atoms with Crippen LogP contribution in [0.1, 0.15) is 9.75 Å². The Morgan fingerprint density at radius 1 is 1.33 bits per heavy atom. The van der Waals surface area contributed by atoms with E-state index >= 15 is 0 Å². The van der Waals surface area contributed by atoms with Crippen molar-refractivity contribution in [2.45, 2.75) is 18.4 Å². The number of thiophene rings is 1. The third kappa shape index (κ3) is 3.74. The standard InChI is InChI=1S/C13H14ClFN2O2S2/c1-8-13(6-10(20-8)7-16-2)21(18,19)17-12-4-3-9(14)5-11(12)15/h3-6,16-17H,7H2,1-2H3. The van der Waals surface area contributed by atoms with E-state index in [0.717, 1.165) is 10.9 Å². The molecule has 0 radical (unpaired) electrons. The summed E-state index contributed by atoms with van der Waals surface area (Å²) in [7, 11) is -2.04.